The van der Waals surface area contributed by atoms with E-state index in [2.05, 4.69) is 4.72 Å². The quantitative estimate of drug-likeness (QED) is 0.920. The molecule has 0 radical (unpaired) electrons. The van der Waals surface area contributed by atoms with Gasteiger partial charge in [-0.15, -0.1) is 0 Å². The summed E-state index contributed by atoms with van der Waals surface area (Å²) in [5.41, 5.74) is 0.287. The van der Waals surface area contributed by atoms with Crippen LogP contribution in [0.5, 0.6) is 11.5 Å². The molecule has 0 fully saturated rings. The minimum absolute atomic E-state index is 0.0509. The van der Waals surface area contributed by atoms with Crippen LogP contribution in [0.3, 0.4) is 0 Å². The van der Waals surface area contributed by atoms with E-state index >= 15 is 0 Å². The molecule has 1 N–H and O–H groups in total. The molecule has 2 aromatic carbocycles. The maximum absolute atomic E-state index is 13.8. The normalized spacial score (nSPS) is 15.6. The van der Waals surface area contributed by atoms with Crippen LogP contribution in [0.4, 0.5) is 4.39 Å². The second-order valence-electron chi connectivity index (χ2n) is 5.52. The maximum atomic E-state index is 13.8. The first-order valence-corrected chi connectivity index (χ1v) is 9.12. The summed E-state index contributed by atoms with van der Waals surface area (Å²) in [6, 6.07) is 9.82. The van der Waals surface area contributed by atoms with Crippen LogP contribution in [0, 0.1) is 5.82 Å². The van der Waals surface area contributed by atoms with Crippen LogP contribution in [0.25, 0.3) is 0 Å². The smallest absolute Gasteiger partial charge is 0.241 e. The topological polar surface area (TPSA) is 64.6 Å². The number of halogens is 1. The van der Waals surface area contributed by atoms with Gasteiger partial charge in [0.15, 0.2) is 11.5 Å². The number of nitrogens with one attached hydrogen (secondary N) is 1. The van der Waals surface area contributed by atoms with E-state index in [1.807, 2.05) is 0 Å². The van der Waals surface area contributed by atoms with Gasteiger partial charge in [0, 0.05) is 24.1 Å². The van der Waals surface area contributed by atoms with Gasteiger partial charge in [-0.05, 0) is 25.1 Å². The molecule has 24 heavy (non-hydrogen) atoms. The van der Waals surface area contributed by atoms with E-state index in [0.29, 0.717) is 24.7 Å². The van der Waals surface area contributed by atoms with E-state index in [4.69, 9.17) is 9.47 Å². The fourth-order valence-corrected chi connectivity index (χ4v) is 3.74. The summed E-state index contributed by atoms with van der Waals surface area (Å²) in [5.74, 6) is 0.467. The Morgan fingerprint density at radius 1 is 1.08 bits per heavy atom. The molecule has 0 amide bonds. The fraction of sp³-hybridized carbons (Fsp3) is 0.294. The second-order valence-corrected chi connectivity index (χ2v) is 7.24. The highest BCUT2D eigenvalue weighted by molar-refractivity contribution is 7.89. The number of benzene rings is 2. The first-order chi connectivity index (χ1) is 11.5. The van der Waals surface area contributed by atoms with Gasteiger partial charge in [-0.1, -0.05) is 18.2 Å². The summed E-state index contributed by atoms with van der Waals surface area (Å²) in [6.07, 6.45) is 0.735. The molecule has 0 saturated carbocycles. The third kappa shape index (κ3) is 3.52. The highest BCUT2D eigenvalue weighted by Crippen LogP contribution is 2.32. The van der Waals surface area contributed by atoms with Gasteiger partial charge in [0.25, 0.3) is 0 Å². The summed E-state index contributed by atoms with van der Waals surface area (Å²) in [7, 11) is -3.82. The van der Waals surface area contributed by atoms with Crippen molar-refractivity contribution in [2.24, 2.45) is 0 Å². The molecule has 5 nitrogen and oxygen atoms in total. The number of ether oxygens (including phenoxy) is 2. The molecule has 128 valence electrons. The van der Waals surface area contributed by atoms with Gasteiger partial charge in [0.2, 0.25) is 10.0 Å². The zero-order chi connectivity index (χ0) is 17.2. The first-order valence-electron chi connectivity index (χ1n) is 7.64. The minimum Gasteiger partial charge on any atom is -0.490 e. The molecule has 0 aliphatic carbocycles. The molecule has 0 spiro atoms. The van der Waals surface area contributed by atoms with Crippen molar-refractivity contribution in [3.8, 4) is 11.5 Å². The highest BCUT2D eigenvalue weighted by Gasteiger charge is 2.22. The van der Waals surface area contributed by atoms with E-state index in [1.54, 1.807) is 31.2 Å². The Morgan fingerprint density at radius 2 is 1.79 bits per heavy atom. The Morgan fingerprint density at radius 3 is 2.54 bits per heavy atom. The lowest BCUT2D eigenvalue weighted by Crippen LogP contribution is -2.27. The van der Waals surface area contributed by atoms with E-state index < -0.39 is 21.9 Å². The van der Waals surface area contributed by atoms with Gasteiger partial charge in [0.05, 0.1) is 18.1 Å². The molecule has 7 heteroatoms. The van der Waals surface area contributed by atoms with Crippen LogP contribution in [0.1, 0.15) is 24.9 Å². The van der Waals surface area contributed by atoms with Gasteiger partial charge in [-0.2, -0.15) is 0 Å². The van der Waals surface area contributed by atoms with Crippen LogP contribution < -0.4 is 14.2 Å². The van der Waals surface area contributed by atoms with Crippen LogP contribution in [0.15, 0.2) is 47.4 Å². The van der Waals surface area contributed by atoms with Crippen LogP contribution in [-0.4, -0.2) is 21.6 Å². The average molecular weight is 351 g/mol. The standard InChI is InChI=1S/C17H18FNO4S/c1-12(14-5-2-3-6-15(14)18)19-24(20,21)13-7-8-16-17(11-13)23-10-4-9-22-16/h2-3,5-8,11-12,19H,4,9-10H2,1H3. The van der Waals surface area contributed by atoms with E-state index in [-0.39, 0.29) is 10.5 Å². The predicted octanol–water partition coefficient (Wildman–Crippen LogP) is 3.03. The van der Waals surface area contributed by atoms with Crippen molar-refractivity contribution in [3.63, 3.8) is 0 Å². The molecule has 2 aromatic rings. The molecule has 1 aliphatic rings. The van der Waals surface area contributed by atoms with E-state index in [1.165, 1.54) is 18.2 Å². The zero-order valence-corrected chi connectivity index (χ0v) is 14.0. The molecule has 1 unspecified atom stereocenters. The number of fused-ring (bicyclic) bond motifs is 1. The van der Waals surface area contributed by atoms with Crippen LogP contribution in [-0.2, 0) is 10.0 Å². The molecular formula is C17H18FNO4S. The van der Waals surface area contributed by atoms with Crippen LogP contribution in [0.2, 0.25) is 0 Å². The summed E-state index contributed by atoms with van der Waals surface area (Å²) in [6.45, 7) is 2.59. The fourth-order valence-electron chi connectivity index (χ4n) is 2.50. The van der Waals surface area contributed by atoms with Gasteiger partial charge in [0.1, 0.15) is 5.82 Å². The molecule has 1 atom stereocenters. The predicted molar refractivity (Wildman–Crippen MR) is 87.2 cm³/mol. The van der Waals surface area contributed by atoms with E-state index in [9.17, 15) is 12.8 Å². The Balaban J connectivity index is 1.85. The average Bonchev–Trinajstić information content (AvgIpc) is 2.79. The first kappa shape index (κ1) is 16.7. The lowest BCUT2D eigenvalue weighted by atomic mass is 10.1. The van der Waals surface area contributed by atoms with Crippen molar-refractivity contribution in [1.29, 1.82) is 0 Å². The lowest BCUT2D eigenvalue weighted by molar-refractivity contribution is 0.297. The molecule has 0 saturated heterocycles. The number of hydrogen-bond donors (Lipinski definition) is 1. The second kappa shape index (κ2) is 6.78. The van der Waals surface area contributed by atoms with Crippen molar-refractivity contribution in [3.05, 3.63) is 53.8 Å². The molecule has 0 aromatic heterocycles. The summed E-state index contributed by atoms with van der Waals surface area (Å²) in [4.78, 5) is 0.0509. The van der Waals surface area contributed by atoms with Gasteiger partial charge >= 0.3 is 0 Å². The Hall–Kier alpha value is -2.12. The van der Waals surface area contributed by atoms with Crippen LogP contribution >= 0.6 is 0 Å². The van der Waals surface area contributed by atoms with Crippen molar-refractivity contribution < 1.29 is 22.3 Å². The minimum atomic E-state index is -3.82. The number of sulfonamides is 1. The van der Waals surface area contributed by atoms with Crippen molar-refractivity contribution in [2.75, 3.05) is 13.2 Å². The van der Waals surface area contributed by atoms with Gasteiger partial charge in [-0.3, -0.25) is 0 Å². The number of hydrogen-bond acceptors (Lipinski definition) is 4. The highest BCUT2D eigenvalue weighted by atomic mass is 32.2. The summed E-state index contributed by atoms with van der Waals surface area (Å²) < 4.78 is 52.5. The Bertz CT molecular complexity index is 838. The SMILES string of the molecule is CC(NS(=O)(=O)c1ccc2c(c1)OCCCO2)c1ccccc1F. The van der Waals surface area contributed by atoms with Crippen molar-refractivity contribution in [2.45, 2.75) is 24.3 Å². The largest absolute Gasteiger partial charge is 0.490 e. The monoisotopic (exact) mass is 351 g/mol. The van der Waals surface area contributed by atoms with Gasteiger partial charge in [-0.25, -0.2) is 17.5 Å². The Kier molecular flexibility index (Phi) is 4.73. The molecule has 1 heterocycles. The summed E-state index contributed by atoms with van der Waals surface area (Å²) in [5, 5.41) is 0. The third-order valence-electron chi connectivity index (χ3n) is 3.73. The Labute approximate surface area is 140 Å². The molecule has 3 rings (SSSR count). The molecule has 1 aliphatic heterocycles. The van der Waals surface area contributed by atoms with Crippen molar-refractivity contribution in [1.82, 2.24) is 4.72 Å². The molecule has 0 bridgehead atoms. The number of rotatable bonds is 4. The van der Waals surface area contributed by atoms with Crippen molar-refractivity contribution >= 4 is 10.0 Å². The van der Waals surface area contributed by atoms with E-state index in [0.717, 1.165) is 6.42 Å². The molecular weight excluding hydrogens is 333 g/mol. The maximum Gasteiger partial charge on any atom is 0.241 e. The van der Waals surface area contributed by atoms with Gasteiger partial charge < -0.3 is 9.47 Å². The zero-order valence-electron chi connectivity index (χ0n) is 13.2. The third-order valence-corrected chi connectivity index (χ3v) is 5.27. The lowest BCUT2D eigenvalue weighted by Gasteiger charge is -2.16. The summed E-state index contributed by atoms with van der Waals surface area (Å²) >= 11 is 0.